The Morgan fingerprint density at radius 1 is 0.280 bits per heavy atom. The van der Waals surface area contributed by atoms with Gasteiger partial charge in [0.2, 0.25) is 0 Å². The third-order valence-electron chi connectivity index (χ3n) is 33.9. The second-order valence-electron chi connectivity index (χ2n) is 51.1. The Morgan fingerprint density at radius 2 is 0.547 bits per heavy atom. The van der Waals surface area contributed by atoms with Crippen LogP contribution in [0.5, 0.6) is 0 Å². The van der Waals surface area contributed by atoms with Crippen LogP contribution in [-0.2, 0) is 112 Å². The molecule has 8 nitrogen and oxygen atoms in total. The van der Waals surface area contributed by atoms with Crippen molar-refractivity contribution >= 4 is 72.1 Å². The molecule has 0 aliphatic heterocycles. The van der Waals surface area contributed by atoms with Gasteiger partial charge < -0.3 is 5.11 Å². The van der Waals surface area contributed by atoms with Crippen molar-refractivity contribution in [1.82, 2.24) is 34.5 Å². The lowest BCUT2D eigenvalue weighted by Crippen LogP contribution is -2.34. The number of rotatable bonds is 25. The van der Waals surface area contributed by atoms with Crippen molar-refractivity contribution < 1.29 is 5.11 Å². The van der Waals surface area contributed by atoms with Gasteiger partial charge in [0.15, 0.2) is 0 Å². The van der Waals surface area contributed by atoms with Crippen LogP contribution in [0.25, 0.3) is 60.8 Å². The van der Waals surface area contributed by atoms with E-state index in [0.717, 1.165) is 70.3 Å². The van der Waals surface area contributed by atoms with Crippen LogP contribution in [0.2, 0.25) is 0 Å². The van der Waals surface area contributed by atoms with Crippen LogP contribution < -0.4 is 0 Å². The van der Waals surface area contributed by atoms with E-state index in [0.29, 0.717) is 0 Å². The number of benzene rings is 10. The van der Waals surface area contributed by atoms with Gasteiger partial charge in [-0.05, 0) is 362 Å². The number of aryl methyl sites for hydroxylation is 15. The molecule has 19 rings (SSSR count). The fourth-order valence-electron chi connectivity index (χ4n) is 22.7. The van der Waals surface area contributed by atoms with Crippen LogP contribution >= 0.6 is 11.3 Å². The highest BCUT2D eigenvalue weighted by Crippen LogP contribution is 2.53. The number of nitrogens with zero attached hydrogens (tertiary/aromatic N) is 7. The summed E-state index contributed by atoms with van der Waals surface area (Å²) < 4.78 is 4.10. The van der Waals surface area contributed by atoms with Crippen LogP contribution in [0.15, 0.2) is 243 Å². The monoisotopic (exact) mass is 2010 g/mol. The highest BCUT2D eigenvalue weighted by molar-refractivity contribution is 7.09. The Hall–Kier alpha value is -12.0. The summed E-state index contributed by atoms with van der Waals surface area (Å²) in [5.41, 5.74) is 44.9. The molecule has 10 aromatic carbocycles. The first-order chi connectivity index (χ1) is 71.0. The Bertz CT molecular complexity index is 6900. The zero-order valence-corrected chi connectivity index (χ0v) is 96.9. The molecule has 5 aliphatic rings. The minimum absolute atomic E-state index is 0.207. The summed E-state index contributed by atoms with van der Waals surface area (Å²) in [6, 6.07) is 72.3. The molecule has 1 atom stereocenters. The predicted octanol–water partition coefficient (Wildman–Crippen LogP) is 35.9. The van der Waals surface area contributed by atoms with E-state index in [9.17, 15) is 5.11 Å². The molecule has 784 valence electrons. The van der Waals surface area contributed by atoms with Crippen LogP contribution in [-0.4, -0.2) is 45.7 Å². The molecule has 0 amide bonds. The SMILES string of the molecule is Cc1ccc(/C=C/c2cc3c(cc2CCC(C)O)C(C)(C)CCC3(C)C)cc1.Cc1ccc(/C=C/c2cc3c(cc2CCc2ncccn2)C(C)(C)CCC3(C)C)cc1.Cc1ccc(/C=C/c2cc3c(cc2CCc2nccs2)C(C)(C)CCC3(C)C)cc1.Cc1ccc(/C=C/c2cc3c(cc2CCn2cc(C)cn2)C(C)(C)CCC3(C)C)cc1.Cc1ccc(/C=C/c2cc3c(cc2CCn2cccn2)C(C)(C)CCC3(C)C)cc1. The molecule has 1 N–H and O–H groups in total. The lowest BCUT2D eigenvalue weighted by molar-refractivity contribution is 0.185. The number of hydrogen-bond acceptors (Lipinski definition) is 7. The van der Waals surface area contributed by atoms with Crippen LogP contribution in [0, 0.1) is 41.5 Å². The molecule has 5 aliphatic carbocycles. The molecule has 0 fully saturated rings. The zero-order valence-electron chi connectivity index (χ0n) is 96.1. The van der Waals surface area contributed by atoms with Crippen LogP contribution in [0.1, 0.15) is 399 Å². The average Bonchev–Trinajstić information content (AvgIpc) is 1.21. The van der Waals surface area contributed by atoms with E-state index >= 15 is 0 Å². The van der Waals surface area contributed by atoms with Crippen molar-refractivity contribution in [3.05, 3.63) is 426 Å². The summed E-state index contributed by atoms with van der Waals surface area (Å²) >= 11 is 1.76. The molecule has 9 heteroatoms. The number of aromatic nitrogens is 7. The quantitative estimate of drug-likeness (QED) is 0.0573. The summed E-state index contributed by atoms with van der Waals surface area (Å²) in [5.74, 6) is 0.910. The Labute approximate surface area is 907 Å². The Morgan fingerprint density at radius 3 is 0.800 bits per heavy atom. The van der Waals surface area contributed by atoms with Crippen molar-refractivity contribution in [2.75, 3.05) is 0 Å². The smallest absolute Gasteiger partial charge is 0.128 e. The average molecular weight is 2010 g/mol. The molecule has 4 heterocycles. The largest absolute Gasteiger partial charge is 0.393 e. The van der Waals surface area contributed by atoms with Gasteiger partial charge in [0.05, 0.1) is 17.3 Å². The maximum atomic E-state index is 9.84. The van der Waals surface area contributed by atoms with Crippen molar-refractivity contribution in [2.24, 2.45) is 0 Å². The van der Waals surface area contributed by atoms with Gasteiger partial charge in [-0.25, -0.2) is 15.0 Å². The molecule has 1 unspecified atom stereocenters. The van der Waals surface area contributed by atoms with Gasteiger partial charge in [0, 0.05) is 68.5 Å². The molecule has 4 aromatic heterocycles. The molecule has 0 radical (unpaired) electrons. The highest BCUT2D eigenvalue weighted by Gasteiger charge is 2.43. The molecule has 0 spiro atoms. The first-order valence-electron chi connectivity index (χ1n) is 55.9. The Kier molecular flexibility index (Phi) is 35.2. The second kappa shape index (κ2) is 47.1. The maximum absolute atomic E-state index is 9.84. The van der Waals surface area contributed by atoms with E-state index in [1.807, 2.05) is 60.9 Å². The molecule has 0 bridgehead atoms. The normalized spacial score (nSPS) is 17.4. The summed E-state index contributed by atoms with van der Waals surface area (Å²) in [5, 5.41) is 22.0. The molecule has 0 saturated carbocycles. The van der Waals surface area contributed by atoms with E-state index < -0.39 is 0 Å². The number of aliphatic hydroxyl groups excluding tert-OH is 1. The van der Waals surface area contributed by atoms with E-state index in [2.05, 4.69) is 464 Å². The third-order valence-corrected chi connectivity index (χ3v) is 34.8. The standard InChI is InChI=1S/C29H36N2.C29H34N2.C28H34N2.C28H33NS.C27H36O/c1-21-7-9-23(10-8-21)11-12-24-17-26-27(29(5,6)15-14-28(26,3)4)18-25(24)13-16-31-20-22(2)19-30-31;1-21-7-9-22(10-8-21)11-12-23-19-25-26(29(4,5)16-15-28(25,2)3)20-24(23)13-14-27-30-17-6-18-31-27;1-21-7-9-22(10-8-21)11-12-23-19-25-26(28(4,5)15-14-27(25,2)3)20-24(23)13-18-30-17-6-16-29-30;1-20-6-8-21(9-7-20)10-11-22-18-24-25(28(4,5)15-14-27(24,2)3)19-23(22)12-13-26-29-16-17-30-26;1-19-7-10-21(11-8-19)12-14-23-18-25-24(17-22(23)13-9-20(2)28)26(3,4)15-16-27(25,5)6/h7-12,17-20H,13-16H2,1-6H3;6-12,17-20H,13-16H2,1-5H3;6-12,16-17,19-20H,13-15,18H2,1-5H3;6-11,16-19H,12-15H2,1-5H3;7-8,10-12,14,17-18,20,28H,9,13,15-16H2,1-6H3/b3*12-11+;11-10+;14-12+. The number of aliphatic hydroxyl groups is 1. The molecular weight excluding hydrogens is 1840 g/mol. The fraction of sp³-hybridized carbons (Fsp3) is 0.411. The molecular formula is C141H173N7OS. The van der Waals surface area contributed by atoms with Gasteiger partial charge in [-0.1, -0.05) is 409 Å². The summed E-state index contributed by atoms with van der Waals surface area (Å²) in [7, 11) is 0. The van der Waals surface area contributed by atoms with Crippen molar-refractivity contribution in [3.8, 4) is 0 Å². The number of thiazole rings is 1. The van der Waals surface area contributed by atoms with Crippen LogP contribution in [0.4, 0.5) is 0 Å². The molecule has 14 aromatic rings. The summed E-state index contributed by atoms with van der Waals surface area (Å²) in [4.78, 5) is 13.4. The zero-order chi connectivity index (χ0) is 108. The highest BCUT2D eigenvalue weighted by atomic mass is 32.1. The maximum Gasteiger partial charge on any atom is 0.128 e. The summed E-state index contributed by atoms with van der Waals surface area (Å²) in [6.45, 7) is 64.4. The van der Waals surface area contributed by atoms with Gasteiger partial charge in [-0.3, -0.25) is 9.36 Å². The fourth-order valence-corrected chi connectivity index (χ4v) is 23.4. The van der Waals surface area contributed by atoms with Gasteiger partial charge in [-0.2, -0.15) is 10.2 Å². The lowest BCUT2D eigenvalue weighted by atomic mass is 9.62. The number of hydrogen-bond donors (Lipinski definition) is 1. The van der Waals surface area contributed by atoms with Crippen molar-refractivity contribution in [1.29, 1.82) is 0 Å². The second-order valence-corrected chi connectivity index (χ2v) is 52.0. The van der Waals surface area contributed by atoms with E-state index in [4.69, 9.17) is 0 Å². The van der Waals surface area contributed by atoms with Gasteiger partial charge >= 0.3 is 0 Å². The van der Waals surface area contributed by atoms with Gasteiger partial charge in [-0.15, -0.1) is 11.3 Å². The van der Waals surface area contributed by atoms with Crippen molar-refractivity contribution in [2.45, 2.75) is 376 Å². The van der Waals surface area contributed by atoms with E-state index in [-0.39, 0.29) is 60.3 Å². The van der Waals surface area contributed by atoms with E-state index in [1.165, 1.54) is 236 Å². The minimum Gasteiger partial charge on any atom is -0.393 e. The van der Waals surface area contributed by atoms with Gasteiger partial charge in [0.1, 0.15) is 5.82 Å². The lowest BCUT2D eigenvalue weighted by Gasteiger charge is -2.42. The van der Waals surface area contributed by atoms with Crippen LogP contribution in [0.3, 0.4) is 0 Å². The topological polar surface area (TPSA) is 94.5 Å². The summed E-state index contributed by atoms with van der Waals surface area (Å²) in [6.07, 6.45) is 55.9. The molecule has 0 saturated heterocycles. The predicted molar refractivity (Wildman–Crippen MR) is 645 cm³/mol. The van der Waals surface area contributed by atoms with Crippen molar-refractivity contribution in [3.63, 3.8) is 0 Å². The molecule has 150 heavy (non-hydrogen) atoms. The van der Waals surface area contributed by atoms with E-state index in [1.54, 1.807) is 16.9 Å². The first kappa shape index (κ1) is 112. The third kappa shape index (κ3) is 28.7. The minimum atomic E-state index is -0.269. The first-order valence-corrected chi connectivity index (χ1v) is 56.8. The Balaban J connectivity index is 0.000000140. The van der Waals surface area contributed by atoms with Gasteiger partial charge in [0.25, 0.3) is 0 Å². The number of fused-ring (bicyclic) bond motifs is 5.